The van der Waals surface area contributed by atoms with Gasteiger partial charge >= 0.3 is 6.09 Å². The molecule has 3 aliphatic rings. The first kappa shape index (κ1) is 15.2. The Morgan fingerprint density at radius 2 is 2.17 bits per heavy atom. The van der Waals surface area contributed by atoms with Crippen LogP contribution < -0.4 is 10.6 Å². The standard InChI is InChI=1S/C17H22N4O3/c1-20-9-17(24-16(20)23)6-3-7-21(10-17)15-12(14(18)22)8-11-4-2-5-13(11)19-15/h8H,2-7,9-10H2,1H3,(H2,18,22). The number of piperidine rings is 1. The molecule has 7 nitrogen and oxygen atoms in total. The number of carbonyl (C=O) groups excluding carboxylic acids is 2. The molecule has 0 radical (unpaired) electrons. The molecular weight excluding hydrogens is 308 g/mol. The van der Waals surface area contributed by atoms with E-state index in [2.05, 4.69) is 4.90 Å². The Labute approximate surface area is 140 Å². The second kappa shape index (κ2) is 5.36. The fourth-order valence-electron chi connectivity index (χ4n) is 4.17. The van der Waals surface area contributed by atoms with E-state index in [1.807, 2.05) is 6.07 Å². The summed E-state index contributed by atoms with van der Waals surface area (Å²) in [5, 5.41) is 0. The Morgan fingerprint density at radius 1 is 1.33 bits per heavy atom. The van der Waals surface area contributed by atoms with Crippen molar-refractivity contribution in [2.24, 2.45) is 5.73 Å². The van der Waals surface area contributed by atoms with E-state index in [0.717, 1.165) is 49.9 Å². The molecule has 1 unspecified atom stereocenters. The smallest absolute Gasteiger partial charge is 0.410 e. The molecule has 128 valence electrons. The SMILES string of the molecule is CN1CC2(CCCN(c3nc4c(cc3C(N)=O)CCC4)C2)OC1=O. The minimum Gasteiger partial charge on any atom is -0.439 e. The first-order valence-corrected chi connectivity index (χ1v) is 8.49. The number of carbonyl (C=O) groups is 2. The van der Waals surface area contributed by atoms with Crippen molar-refractivity contribution in [3.05, 3.63) is 22.9 Å². The molecule has 0 aromatic carbocycles. The van der Waals surface area contributed by atoms with Crippen LogP contribution in [0.2, 0.25) is 0 Å². The van der Waals surface area contributed by atoms with Crippen molar-refractivity contribution >= 4 is 17.8 Å². The lowest BCUT2D eigenvalue weighted by Crippen LogP contribution is -2.51. The van der Waals surface area contributed by atoms with Crippen LogP contribution in [0.15, 0.2) is 6.07 Å². The van der Waals surface area contributed by atoms with Gasteiger partial charge in [-0.05, 0) is 43.7 Å². The minimum absolute atomic E-state index is 0.283. The molecule has 4 rings (SSSR count). The van der Waals surface area contributed by atoms with Crippen molar-refractivity contribution in [2.45, 2.75) is 37.7 Å². The summed E-state index contributed by atoms with van der Waals surface area (Å²) < 4.78 is 5.65. The lowest BCUT2D eigenvalue weighted by molar-refractivity contribution is 0.0444. The molecule has 2 aliphatic heterocycles. The summed E-state index contributed by atoms with van der Waals surface area (Å²) in [7, 11) is 1.75. The largest absolute Gasteiger partial charge is 0.439 e. The van der Waals surface area contributed by atoms with Crippen LogP contribution in [0.4, 0.5) is 10.6 Å². The number of amides is 2. The highest BCUT2D eigenvalue weighted by Crippen LogP contribution is 2.35. The molecule has 2 fully saturated rings. The molecule has 7 heteroatoms. The Hall–Kier alpha value is -2.31. The maximum absolute atomic E-state index is 11.9. The molecule has 1 aromatic heterocycles. The summed E-state index contributed by atoms with van der Waals surface area (Å²) in [6.07, 6.45) is 4.40. The van der Waals surface area contributed by atoms with Crippen molar-refractivity contribution in [1.82, 2.24) is 9.88 Å². The summed E-state index contributed by atoms with van der Waals surface area (Å²) in [6.45, 7) is 1.91. The first-order valence-electron chi connectivity index (χ1n) is 8.49. The monoisotopic (exact) mass is 330 g/mol. The molecule has 3 heterocycles. The van der Waals surface area contributed by atoms with Gasteiger partial charge in [0.1, 0.15) is 11.4 Å². The van der Waals surface area contributed by atoms with E-state index in [4.69, 9.17) is 15.5 Å². The summed E-state index contributed by atoms with van der Waals surface area (Å²) in [5.74, 6) is 0.195. The van der Waals surface area contributed by atoms with E-state index in [0.29, 0.717) is 24.5 Å². The lowest BCUT2D eigenvalue weighted by Gasteiger charge is -2.39. The van der Waals surface area contributed by atoms with E-state index >= 15 is 0 Å². The molecule has 0 bridgehead atoms. The molecule has 1 aromatic rings. The van der Waals surface area contributed by atoms with Gasteiger partial charge in [-0.25, -0.2) is 9.78 Å². The van der Waals surface area contributed by atoms with Crippen molar-refractivity contribution < 1.29 is 14.3 Å². The molecule has 1 aliphatic carbocycles. The van der Waals surface area contributed by atoms with Gasteiger partial charge in [0.25, 0.3) is 5.91 Å². The van der Waals surface area contributed by atoms with E-state index < -0.39 is 11.5 Å². The molecule has 1 atom stereocenters. The van der Waals surface area contributed by atoms with Gasteiger partial charge in [0.15, 0.2) is 0 Å². The maximum atomic E-state index is 11.9. The lowest BCUT2D eigenvalue weighted by atomic mass is 9.92. The highest BCUT2D eigenvalue weighted by atomic mass is 16.6. The predicted octanol–water partition coefficient (Wildman–Crippen LogP) is 1.09. The third kappa shape index (κ3) is 2.39. The number of hydrogen-bond donors (Lipinski definition) is 1. The number of rotatable bonds is 2. The van der Waals surface area contributed by atoms with Crippen molar-refractivity contribution in [2.75, 3.05) is 31.6 Å². The predicted molar refractivity (Wildman–Crippen MR) is 88.1 cm³/mol. The number of nitrogens with zero attached hydrogens (tertiary/aromatic N) is 3. The van der Waals surface area contributed by atoms with Crippen LogP contribution in [-0.2, 0) is 17.6 Å². The average molecular weight is 330 g/mol. The second-order valence-corrected chi connectivity index (χ2v) is 7.12. The van der Waals surface area contributed by atoms with Gasteiger partial charge in [-0.3, -0.25) is 4.79 Å². The number of fused-ring (bicyclic) bond motifs is 1. The van der Waals surface area contributed by atoms with Crippen LogP contribution in [0.25, 0.3) is 0 Å². The van der Waals surface area contributed by atoms with Crippen molar-refractivity contribution in [3.63, 3.8) is 0 Å². The maximum Gasteiger partial charge on any atom is 0.410 e. The van der Waals surface area contributed by atoms with Crippen molar-refractivity contribution in [1.29, 1.82) is 0 Å². The van der Waals surface area contributed by atoms with Crippen LogP contribution in [0.5, 0.6) is 0 Å². The van der Waals surface area contributed by atoms with Gasteiger partial charge in [-0.2, -0.15) is 0 Å². The van der Waals surface area contributed by atoms with Gasteiger partial charge in [0.05, 0.1) is 18.7 Å². The van der Waals surface area contributed by atoms with Crippen LogP contribution in [0.1, 0.15) is 40.9 Å². The number of likely N-dealkylation sites (N-methyl/N-ethyl adjacent to an activating group) is 1. The molecular formula is C17H22N4O3. The Bertz CT molecular complexity index is 720. The molecule has 2 N–H and O–H groups in total. The highest BCUT2D eigenvalue weighted by Gasteiger charge is 2.47. The second-order valence-electron chi connectivity index (χ2n) is 7.12. The number of aryl methyl sites for hydroxylation is 2. The van der Waals surface area contributed by atoms with E-state index in [-0.39, 0.29) is 6.09 Å². The van der Waals surface area contributed by atoms with Crippen LogP contribution >= 0.6 is 0 Å². The third-order valence-corrected chi connectivity index (χ3v) is 5.28. The van der Waals surface area contributed by atoms with E-state index in [1.54, 1.807) is 11.9 Å². The zero-order valence-electron chi connectivity index (χ0n) is 13.9. The van der Waals surface area contributed by atoms with E-state index in [9.17, 15) is 9.59 Å². The average Bonchev–Trinajstić information content (AvgIpc) is 3.10. The van der Waals surface area contributed by atoms with Gasteiger partial charge in [0, 0.05) is 19.3 Å². The number of primary amides is 1. The topological polar surface area (TPSA) is 88.8 Å². The van der Waals surface area contributed by atoms with Crippen LogP contribution in [0, 0.1) is 0 Å². The Morgan fingerprint density at radius 3 is 2.88 bits per heavy atom. The van der Waals surface area contributed by atoms with Crippen LogP contribution in [0.3, 0.4) is 0 Å². The number of ether oxygens (including phenoxy) is 1. The van der Waals surface area contributed by atoms with E-state index in [1.165, 1.54) is 0 Å². The molecule has 0 saturated carbocycles. The Kier molecular flexibility index (Phi) is 3.40. The number of pyridine rings is 1. The minimum atomic E-state index is -0.514. The number of anilines is 1. The van der Waals surface area contributed by atoms with Gasteiger partial charge in [-0.15, -0.1) is 0 Å². The Balaban J connectivity index is 1.68. The quantitative estimate of drug-likeness (QED) is 0.877. The summed E-state index contributed by atoms with van der Waals surface area (Å²) in [5.41, 5.74) is 7.76. The van der Waals surface area contributed by atoms with Gasteiger partial charge in [-0.1, -0.05) is 0 Å². The summed E-state index contributed by atoms with van der Waals surface area (Å²) >= 11 is 0. The van der Waals surface area contributed by atoms with Crippen molar-refractivity contribution in [3.8, 4) is 0 Å². The molecule has 24 heavy (non-hydrogen) atoms. The van der Waals surface area contributed by atoms with Gasteiger partial charge < -0.3 is 20.3 Å². The third-order valence-electron chi connectivity index (χ3n) is 5.28. The zero-order valence-corrected chi connectivity index (χ0v) is 13.9. The first-order chi connectivity index (χ1) is 11.5. The number of aromatic nitrogens is 1. The fraction of sp³-hybridized carbons (Fsp3) is 0.588. The molecule has 2 saturated heterocycles. The zero-order chi connectivity index (χ0) is 16.9. The number of hydrogen-bond acceptors (Lipinski definition) is 5. The summed E-state index contributed by atoms with van der Waals surface area (Å²) in [4.78, 5) is 32.2. The number of nitrogens with two attached hydrogens (primary N) is 1. The molecule has 1 spiro atoms. The molecule has 2 amide bonds. The fourth-order valence-corrected chi connectivity index (χ4v) is 4.17. The van der Waals surface area contributed by atoms with Crippen LogP contribution in [-0.4, -0.2) is 54.2 Å². The summed E-state index contributed by atoms with van der Waals surface area (Å²) in [6, 6.07) is 1.90. The van der Waals surface area contributed by atoms with Gasteiger partial charge in [0.2, 0.25) is 0 Å². The normalized spacial score (nSPS) is 26.0. The highest BCUT2D eigenvalue weighted by molar-refractivity contribution is 5.98.